The van der Waals surface area contributed by atoms with Gasteiger partial charge in [0, 0.05) is 22.8 Å². The molecule has 1 atom stereocenters. The number of allylic oxidation sites excluding steroid dienone is 4. The number of fused-ring (bicyclic) bond motifs is 1. The van der Waals surface area contributed by atoms with E-state index in [4.69, 9.17) is 4.74 Å². The number of hydrogen-bond acceptors (Lipinski definition) is 6. The van der Waals surface area contributed by atoms with Gasteiger partial charge >= 0.3 is 0 Å². The van der Waals surface area contributed by atoms with Gasteiger partial charge in [-0.25, -0.2) is 0 Å². The molecule has 3 rings (SSSR count). The lowest BCUT2D eigenvalue weighted by atomic mass is 9.91. The number of aromatic hydroxyl groups is 4. The van der Waals surface area contributed by atoms with Crippen LogP contribution in [0.2, 0.25) is 0 Å². The molecule has 0 aromatic heterocycles. The van der Waals surface area contributed by atoms with E-state index < -0.39 is 6.10 Å². The zero-order chi connectivity index (χ0) is 22.9. The van der Waals surface area contributed by atoms with E-state index in [-0.39, 0.29) is 58.5 Å². The molecule has 0 saturated heterocycles. The predicted molar refractivity (Wildman–Crippen MR) is 118 cm³/mol. The van der Waals surface area contributed by atoms with Gasteiger partial charge in [-0.15, -0.1) is 0 Å². The SMILES string of the molecule is CC(C)=CCc1c(O)ccc(C2CC(=O)c3c(cc(O)c(CC=C(C)C)c3O)O2)c1O. The van der Waals surface area contributed by atoms with Crippen LogP contribution in [-0.2, 0) is 12.8 Å². The number of phenolic OH excluding ortho intramolecular Hbond substituents is 4. The van der Waals surface area contributed by atoms with Crippen molar-refractivity contribution in [2.45, 2.75) is 53.1 Å². The summed E-state index contributed by atoms with van der Waals surface area (Å²) in [4.78, 5) is 12.9. The molecule has 4 N–H and O–H groups in total. The molecule has 0 radical (unpaired) electrons. The zero-order valence-corrected chi connectivity index (χ0v) is 18.2. The van der Waals surface area contributed by atoms with E-state index in [9.17, 15) is 25.2 Å². The summed E-state index contributed by atoms with van der Waals surface area (Å²) in [7, 11) is 0. The van der Waals surface area contributed by atoms with Gasteiger partial charge in [-0.05, 0) is 52.7 Å². The maximum absolute atomic E-state index is 12.9. The summed E-state index contributed by atoms with van der Waals surface area (Å²) in [5, 5.41) is 41.9. The van der Waals surface area contributed by atoms with Gasteiger partial charge in [0.25, 0.3) is 0 Å². The molecule has 6 heteroatoms. The molecule has 0 spiro atoms. The van der Waals surface area contributed by atoms with Crippen molar-refractivity contribution in [2.75, 3.05) is 0 Å². The molecule has 6 nitrogen and oxygen atoms in total. The second kappa shape index (κ2) is 8.76. The van der Waals surface area contributed by atoms with Crippen LogP contribution < -0.4 is 4.74 Å². The smallest absolute Gasteiger partial charge is 0.174 e. The molecular weight excluding hydrogens is 396 g/mol. The first-order valence-electron chi connectivity index (χ1n) is 10.2. The van der Waals surface area contributed by atoms with Crippen LogP contribution in [0, 0.1) is 0 Å². The van der Waals surface area contributed by atoms with Crippen molar-refractivity contribution in [3.8, 4) is 28.7 Å². The van der Waals surface area contributed by atoms with Crippen LogP contribution in [0.5, 0.6) is 28.7 Å². The van der Waals surface area contributed by atoms with Crippen molar-refractivity contribution in [2.24, 2.45) is 0 Å². The summed E-state index contributed by atoms with van der Waals surface area (Å²) < 4.78 is 5.92. The van der Waals surface area contributed by atoms with E-state index in [1.807, 2.05) is 39.8 Å². The van der Waals surface area contributed by atoms with Gasteiger partial charge in [0.2, 0.25) is 0 Å². The van der Waals surface area contributed by atoms with E-state index in [1.54, 1.807) is 0 Å². The summed E-state index contributed by atoms with van der Waals surface area (Å²) >= 11 is 0. The largest absolute Gasteiger partial charge is 0.508 e. The van der Waals surface area contributed by atoms with Gasteiger partial charge in [-0.2, -0.15) is 0 Å². The van der Waals surface area contributed by atoms with Gasteiger partial charge in [-0.3, -0.25) is 4.79 Å². The molecule has 0 aliphatic carbocycles. The van der Waals surface area contributed by atoms with E-state index in [0.717, 1.165) is 11.1 Å². The van der Waals surface area contributed by atoms with Crippen LogP contribution in [0.4, 0.5) is 0 Å². The standard InChI is InChI=1S/C25H28O6/c1-13(2)5-7-15-18(26)10-9-17(24(15)29)21-12-20(28)23-22(31-21)11-19(27)16(25(23)30)8-6-14(3)4/h5-6,9-11,21,26-27,29-30H,7-8,12H2,1-4H3. The first-order valence-corrected chi connectivity index (χ1v) is 10.2. The lowest BCUT2D eigenvalue weighted by molar-refractivity contribution is 0.0841. The van der Waals surface area contributed by atoms with Crippen LogP contribution in [0.15, 0.2) is 41.5 Å². The Labute approximate surface area is 181 Å². The monoisotopic (exact) mass is 424 g/mol. The number of benzene rings is 2. The highest BCUT2D eigenvalue weighted by Gasteiger charge is 2.34. The minimum Gasteiger partial charge on any atom is -0.508 e. The normalized spacial score (nSPS) is 15.1. The Morgan fingerprint density at radius 3 is 2.10 bits per heavy atom. The Bertz CT molecular complexity index is 1090. The molecule has 31 heavy (non-hydrogen) atoms. The number of phenols is 4. The van der Waals surface area contributed by atoms with Gasteiger partial charge in [0.15, 0.2) is 5.78 Å². The maximum atomic E-state index is 12.9. The average molecular weight is 424 g/mol. The molecule has 0 amide bonds. The highest BCUT2D eigenvalue weighted by atomic mass is 16.5. The lowest BCUT2D eigenvalue weighted by Crippen LogP contribution is -2.21. The summed E-state index contributed by atoms with van der Waals surface area (Å²) in [5.74, 6) is -0.902. The molecule has 2 aromatic carbocycles. The van der Waals surface area contributed by atoms with Crippen LogP contribution >= 0.6 is 0 Å². The fourth-order valence-electron chi connectivity index (χ4n) is 3.59. The number of carbonyl (C=O) groups is 1. The molecule has 0 saturated carbocycles. The summed E-state index contributed by atoms with van der Waals surface area (Å²) in [6, 6.07) is 4.31. The second-order valence-corrected chi connectivity index (χ2v) is 8.30. The highest BCUT2D eigenvalue weighted by Crippen LogP contribution is 2.47. The van der Waals surface area contributed by atoms with Crippen molar-refractivity contribution >= 4 is 5.78 Å². The third-order valence-electron chi connectivity index (χ3n) is 5.33. The Morgan fingerprint density at radius 2 is 1.52 bits per heavy atom. The molecule has 2 aromatic rings. The van der Waals surface area contributed by atoms with E-state index in [2.05, 4.69) is 0 Å². The highest BCUT2D eigenvalue weighted by molar-refractivity contribution is 6.03. The quantitative estimate of drug-likeness (QED) is 0.490. The van der Waals surface area contributed by atoms with E-state index in [1.165, 1.54) is 18.2 Å². The summed E-state index contributed by atoms with van der Waals surface area (Å²) in [6.07, 6.45) is 3.45. The van der Waals surface area contributed by atoms with E-state index in [0.29, 0.717) is 17.5 Å². The molecule has 0 fully saturated rings. The van der Waals surface area contributed by atoms with Crippen molar-refractivity contribution in [3.63, 3.8) is 0 Å². The fraction of sp³-hybridized carbons (Fsp3) is 0.320. The molecule has 0 bridgehead atoms. The Balaban J connectivity index is 2.00. The number of rotatable bonds is 5. The molecule has 1 aliphatic rings. The minimum absolute atomic E-state index is 0.0363. The Kier molecular flexibility index (Phi) is 6.29. The van der Waals surface area contributed by atoms with Crippen LogP contribution in [0.1, 0.15) is 67.3 Å². The first-order chi connectivity index (χ1) is 14.6. The van der Waals surface area contributed by atoms with Crippen molar-refractivity contribution in [3.05, 3.63) is 63.8 Å². The molecule has 164 valence electrons. The molecular formula is C25H28O6. The van der Waals surface area contributed by atoms with Crippen molar-refractivity contribution in [1.82, 2.24) is 0 Å². The number of ether oxygens (including phenoxy) is 1. The number of carbonyl (C=O) groups excluding carboxylic acids is 1. The maximum Gasteiger partial charge on any atom is 0.174 e. The van der Waals surface area contributed by atoms with Gasteiger partial charge in [0.05, 0.1) is 6.42 Å². The summed E-state index contributed by atoms with van der Waals surface area (Å²) in [6.45, 7) is 7.65. The fourth-order valence-corrected chi connectivity index (χ4v) is 3.59. The first kappa shape index (κ1) is 22.3. The van der Waals surface area contributed by atoms with Crippen LogP contribution in [0.25, 0.3) is 0 Å². The summed E-state index contributed by atoms with van der Waals surface area (Å²) in [5.41, 5.74) is 3.08. The number of hydrogen-bond donors (Lipinski definition) is 4. The van der Waals surface area contributed by atoms with Crippen molar-refractivity contribution in [1.29, 1.82) is 0 Å². The van der Waals surface area contributed by atoms with Gasteiger partial charge in [-0.1, -0.05) is 23.3 Å². The van der Waals surface area contributed by atoms with Gasteiger partial charge in [0.1, 0.15) is 40.4 Å². The van der Waals surface area contributed by atoms with E-state index >= 15 is 0 Å². The number of ketones is 1. The Morgan fingerprint density at radius 1 is 0.935 bits per heavy atom. The third kappa shape index (κ3) is 4.53. The molecule has 1 heterocycles. The predicted octanol–water partition coefficient (Wildman–Crippen LogP) is 5.23. The topological polar surface area (TPSA) is 107 Å². The van der Waals surface area contributed by atoms with Crippen molar-refractivity contribution < 1.29 is 30.0 Å². The third-order valence-corrected chi connectivity index (χ3v) is 5.33. The van der Waals surface area contributed by atoms with Crippen LogP contribution in [-0.4, -0.2) is 26.2 Å². The zero-order valence-electron chi connectivity index (χ0n) is 18.2. The average Bonchev–Trinajstić information content (AvgIpc) is 2.66. The van der Waals surface area contributed by atoms with Crippen LogP contribution in [0.3, 0.4) is 0 Å². The lowest BCUT2D eigenvalue weighted by Gasteiger charge is -2.28. The Hall–Kier alpha value is -3.41. The minimum atomic E-state index is -0.812. The molecule has 1 unspecified atom stereocenters. The molecule has 1 aliphatic heterocycles. The van der Waals surface area contributed by atoms with Gasteiger partial charge < -0.3 is 25.2 Å². The second-order valence-electron chi connectivity index (χ2n) is 8.30. The number of Topliss-reactive ketones (excluding diaryl/α,β-unsaturated/α-hetero) is 1.